The fraction of sp³-hybridized carbons (Fsp3) is 0.333. The highest BCUT2D eigenvalue weighted by Gasteiger charge is 2.12. The molecule has 0 aliphatic heterocycles. The number of Topliss-reactive ketones (excluding diaryl/α,β-unsaturated/α-hetero) is 1. The summed E-state index contributed by atoms with van der Waals surface area (Å²) in [5.74, 6) is 0.536. The molecule has 1 N–H and O–H groups in total. The summed E-state index contributed by atoms with van der Waals surface area (Å²) in [6.07, 6.45) is 0.928. The number of methoxy groups -OCH3 is 1. The van der Waals surface area contributed by atoms with Gasteiger partial charge in [0.2, 0.25) is 5.91 Å². The van der Waals surface area contributed by atoms with Gasteiger partial charge in [-0.15, -0.1) is 0 Å². The first-order valence-electron chi connectivity index (χ1n) is 8.90. The van der Waals surface area contributed by atoms with Crippen LogP contribution in [0.5, 0.6) is 11.5 Å². The van der Waals surface area contributed by atoms with Crippen LogP contribution in [0, 0.1) is 0 Å². The quantitative estimate of drug-likeness (QED) is 0.605. The molecule has 2 rings (SSSR count). The molecule has 0 aromatic heterocycles. The number of nitrogens with one attached hydrogen (secondary N) is 1. The topological polar surface area (TPSA) is 64.6 Å². The van der Waals surface area contributed by atoms with Crippen molar-refractivity contribution < 1.29 is 27.8 Å². The normalized spacial score (nSPS) is 11.8. The maximum absolute atomic E-state index is 12.2. The molecule has 0 aliphatic carbocycles. The summed E-state index contributed by atoms with van der Waals surface area (Å²) in [4.78, 5) is 24.2. The first-order chi connectivity index (χ1) is 13.4. The van der Waals surface area contributed by atoms with Crippen LogP contribution in [0.3, 0.4) is 0 Å². The van der Waals surface area contributed by atoms with Crippen LogP contribution < -0.4 is 14.8 Å². The summed E-state index contributed by atoms with van der Waals surface area (Å²) in [6.45, 7) is -1.08. The van der Waals surface area contributed by atoms with Gasteiger partial charge in [-0.25, -0.2) is 0 Å². The van der Waals surface area contributed by atoms with Crippen LogP contribution in [0.2, 0.25) is 0 Å². The summed E-state index contributed by atoms with van der Waals surface area (Å²) in [5.41, 5.74) is 1.35. The zero-order valence-corrected chi connectivity index (χ0v) is 15.8. The smallest absolute Gasteiger partial charge is 0.387 e. The Morgan fingerprint density at radius 3 is 2.14 bits per heavy atom. The number of hydrogen-bond acceptors (Lipinski definition) is 4. The minimum atomic E-state index is -2.87. The number of rotatable bonds is 10. The number of ketones is 1. The van der Waals surface area contributed by atoms with Gasteiger partial charge in [0, 0.05) is 18.4 Å². The molecule has 5 nitrogen and oxygen atoms in total. The van der Waals surface area contributed by atoms with E-state index in [1.54, 1.807) is 50.4 Å². The monoisotopic (exact) mass is 391 g/mol. The molecule has 0 fully saturated rings. The highest BCUT2D eigenvalue weighted by molar-refractivity contribution is 5.96. The Labute approximate surface area is 162 Å². The number of carbonyl (C=O) groups is 2. The van der Waals surface area contributed by atoms with Gasteiger partial charge in [0.1, 0.15) is 11.5 Å². The van der Waals surface area contributed by atoms with Gasteiger partial charge in [0.05, 0.1) is 13.2 Å². The minimum absolute atomic E-state index is 0.0295. The second kappa shape index (κ2) is 10.4. The third-order valence-corrected chi connectivity index (χ3v) is 4.20. The summed E-state index contributed by atoms with van der Waals surface area (Å²) in [7, 11) is 1.56. The lowest BCUT2D eigenvalue weighted by Gasteiger charge is -2.15. The maximum Gasteiger partial charge on any atom is 0.387 e. The van der Waals surface area contributed by atoms with Crippen LogP contribution in [0.1, 0.15) is 48.1 Å². The third-order valence-electron chi connectivity index (χ3n) is 4.20. The van der Waals surface area contributed by atoms with Gasteiger partial charge in [0.15, 0.2) is 5.78 Å². The number of ether oxygens (including phenoxy) is 2. The fourth-order valence-electron chi connectivity index (χ4n) is 2.67. The molecule has 0 spiro atoms. The van der Waals surface area contributed by atoms with E-state index in [9.17, 15) is 18.4 Å². The molecule has 1 atom stereocenters. The second-order valence-electron chi connectivity index (χ2n) is 6.24. The van der Waals surface area contributed by atoms with Gasteiger partial charge < -0.3 is 14.8 Å². The van der Waals surface area contributed by atoms with Gasteiger partial charge >= 0.3 is 6.61 Å². The molecule has 0 saturated heterocycles. The predicted octanol–water partition coefficient (Wildman–Crippen LogP) is 4.53. The molecule has 1 unspecified atom stereocenters. The van der Waals surface area contributed by atoms with E-state index in [2.05, 4.69) is 10.1 Å². The zero-order chi connectivity index (χ0) is 20.5. The third kappa shape index (κ3) is 6.64. The Hall–Kier alpha value is -2.96. The average molecular weight is 391 g/mol. The Morgan fingerprint density at radius 1 is 0.964 bits per heavy atom. The summed E-state index contributed by atoms with van der Waals surface area (Å²) in [5, 5.41) is 2.83. The fourth-order valence-corrected chi connectivity index (χ4v) is 2.67. The lowest BCUT2D eigenvalue weighted by molar-refractivity contribution is -0.121. The van der Waals surface area contributed by atoms with Crippen LogP contribution in [-0.2, 0) is 4.79 Å². The number of benzene rings is 2. The molecule has 7 heteroatoms. The summed E-state index contributed by atoms with van der Waals surface area (Å²) >= 11 is 0. The number of alkyl halides is 2. The van der Waals surface area contributed by atoms with Crippen molar-refractivity contribution in [2.75, 3.05) is 7.11 Å². The molecule has 0 bridgehead atoms. The van der Waals surface area contributed by atoms with Crippen LogP contribution in [0.25, 0.3) is 0 Å². The molecule has 0 radical (unpaired) electrons. The van der Waals surface area contributed by atoms with Crippen LogP contribution >= 0.6 is 0 Å². The summed E-state index contributed by atoms with van der Waals surface area (Å²) < 4.78 is 33.7. The molecule has 2 aromatic rings. The molecule has 150 valence electrons. The van der Waals surface area contributed by atoms with Gasteiger partial charge in [0.25, 0.3) is 0 Å². The standard InChI is InChI=1S/C21H23F2NO4/c1-14(15-6-12-18(13-7-15)28-21(22)23)24-20(26)5-3-4-19(25)16-8-10-17(27-2)11-9-16/h6-14,21H,3-5H2,1-2H3,(H,24,26). The average Bonchev–Trinajstić information content (AvgIpc) is 2.68. The molecule has 0 saturated carbocycles. The van der Waals surface area contributed by atoms with E-state index in [1.807, 2.05) is 0 Å². The number of halogens is 2. The predicted molar refractivity (Wildman–Crippen MR) is 101 cm³/mol. The molecular weight excluding hydrogens is 368 g/mol. The van der Waals surface area contributed by atoms with E-state index in [1.165, 1.54) is 12.1 Å². The van der Waals surface area contributed by atoms with Crippen molar-refractivity contribution in [2.24, 2.45) is 0 Å². The summed E-state index contributed by atoms with van der Waals surface area (Å²) in [6, 6.07) is 12.7. The van der Waals surface area contributed by atoms with E-state index < -0.39 is 6.61 Å². The Bertz CT molecular complexity index is 776. The van der Waals surface area contributed by atoms with Crippen molar-refractivity contribution in [3.8, 4) is 11.5 Å². The molecule has 0 aliphatic rings. The second-order valence-corrected chi connectivity index (χ2v) is 6.24. The van der Waals surface area contributed by atoms with Crippen molar-refractivity contribution in [1.29, 1.82) is 0 Å². The van der Waals surface area contributed by atoms with Crippen LogP contribution in [0.4, 0.5) is 8.78 Å². The van der Waals surface area contributed by atoms with Crippen molar-refractivity contribution in [3.05, 3.63) is 59.7 Å². The molecule has 0 heterocycles. The lowest BCUT2D eigenvalue weighted by Crippen LogP contribution is -2.26. The number of amides is 1. The largest absolute Gasteiger partial charge is 0.497 e. The number of hydrogen-bond donors (Lipinski definition) is 1. The van der Waals surface area contributed by atoms with Crippen molar-refractivity contribution in [2.45, 2.75) is 38.8 Å². The Morgan fingerprint density at radius 2 is 1.57 bits per heavy atom. The van der Waals surface area contributed by atoms with E-state index in [4.69, 9.17) is 4.74 Å². The van der Waals surface area contributed by atoms with E-state index >= 15 is 0 Å². The van der Waals surface area contributed by atoms with Gasteiger partial charge in [-0.1, -0.05) is 12.1 Å². The van der Waals surface area contributed by atoms with Gasteiger partial charge in [-0.3, -0.25) is 9.59 Å². The Balaban J connectivity index is 1.75. The maximum atomic E-state index is 12.2. The molecule has 28 heavy (non-hydrogen) atoms. The van der Waals surface area contributed by atoms with E-state index in [0.29, 0.717) is 17.7 Å². The molecule has 2 aromatic carbocycles. The Kier molecular flexibility index (Phi) is 7.92. The SMILES string of the molecule is COc1ccc(C(=O)CCCC(=O)NC(C)c2ccc(OC(F)F)cc2)cc1. The van der Waals surface area contributed by atoms with Gasteiger partial charge in [-0.05, 0) is 55.3 Å². The van der Waals surface area contributed by atoms with Crippen molar-refractivity contribution in [3.63, 3.8) is 0 Å². The van der Waals surface area contributed by atoms with E-state index in [0.717, 1.165) is 5.56 Å². The highest BCUT2D eigenvalue weighted by atomic mass is 19.3. The first kappa shape index (κ1) is 21.3. The van der Waals surface area contributed by atoms with Crippen molar-refractivity contribution in [1.82, 2.24) is 5.32 Å². The number of carbonyl (C=O) groups excluding carboxylic acids is 2. The first-order valence-corrected chi connectivity index (χ1v) is 8.90. The zero-order valence-electron chi connectivity index (χ0n) is 15.8. The van der Waals surface area contributed by atoms with Crippen molar-refractivity contribution >= 4 is 11.7 Å². The van der Waals surface area contributed by atoms with Gasteiger partial charge in [-0.2, -0.15) is 8.78 Å². The van der Waals surface area contributed by atoms with Crippen LogP contribution in [0.15, 0.2) is 48.5 Å². The molecule has 1 amide bonds. The minimum Gasteiger partial charge on any atom is -0.497 e. The highest BCUT2D eigenvalue weighted by Crippen LogP contribution is 2.19. The van der Waals surface area contributed by atoms with E-state index in [-0.39, 0.29) is 36.3 Å². The lowest BCUT2D eigenvalue weighted by atomic mass is 10.0. The molecular formula is C21H23F2NO4. The van der Waals surface area contributed by atoms with Crippen LogP contribution in [-0.4, -0.2) is 25.4 Å².